The quantitative estimate of drug-likeness (QED) is 0.850. The summed E-state index contributed by atoms with van der Waals surface area (Å²) in [4.78, 5) is 4.28. The van der Waals surface area contributed by atoms with Gasteiger partial charge in [-0.3, -0.25) is 4.99 Å². The van der Waals surface area contributed by atoms with Crippen molar-refractivity contribution >= 4 is 17.4 Å². The van der Waals surface area contributed by atoms with E-state index in [0.717, 1.165) is 19.4 Å². The van der Waals surface area contributed by atoms with E-state index in [-0.39, 0.29) is 0 Å². The molecule has 1 N–H and O–H groups in total. The van der Waals surface area contributed by atoms with E-state index in [1.807, 2.05) is 18.6 Å². The van der Waals surface area contributed by atoms with Crippen molar-refractivity contribution in [2.75, 3.05) is 6.54 Å². The van der Waals surface area contributed by atoms with Crippen molar-refractivity contribution in [2.45, 2.75) is 19.8 Å². The van der Waals surface area contributed by atoms with Crippen LogP contribution in [0.2, 0.25) is 0 Å². The van der Waals surface area contributed by atoms with E-state index >= 15 is 0 Å². The molecule has 2 nitrogen and oxygen atoms in total. The maximum Gasteiger partial charge on any atom is 0.0401 e. The summed E-state index contributed by atoms with van der Waals surface area (Å²) in [6.45, 7) is 3.06. The Balaban J connectivity index is 2.00. The molecular formula is C17H18N2. The van der Waals surface area contributed by atoms with Crippen LogP contribution in [0, 0.1) is 6.92 Å². The molecular weight excluding hydrogens is 232 g/mol. The zero-order valence-corrected chi connectivity index (χ0v) is 11.2. The maximum absolute atomic E-state index is 4.28. The van der Waals surface area contributed by atoms with Gasteiger partial charge in [0.15, 0.2) is 0 Å². The summed E-state index contributed by atoms with van der Waals surface area (Å²) in [5.41, 5.74) is 6.60. The van der Waals surface area contributed by atoms with Gasteiger partial charge in [-0.2, -0.15) is 0 Å². The molecule has 0 radical (unpaired) electrons. The van der Waals surface area contributed by atoms with Crippen LogP contribution in [0.1, 0.15) is 29.5 Å². The minimum Gasteiger partial charge on any atom is -0.387 e. The van der Waals surface area contributed by atoms with Gasteiger partial charge in [0.2, 0.25) is 0 Å². The van der Waals surface area contributed by atoms with Gasteiger partial charge < -0.3 is 5.32 Å². The zero-order valence-electron chi connectivity index (χ0n) is 11.2. The maximum atomic E-state index is 4.28. The van der Waals surface area contributed by atoms with Crippen LogP contribution < -0.4 is 5.32 Å². The molecule has 2 heterocycles. The highest BCUT2D eigenvalue weighted by molar-refractivity contribution is 5.78. The summed E-state index contributed by atoms with van der Waals surface area (Å²) < 4.78 is 0. The van der Waals surface area contributed by atoms with E-state index in [4.69, 9.17) is 0 Å². The van der Waals surface area contributed by atoms with Gasteiger partial charge in [-0.25, -0.2) is 0 Å². The first kappa shape index (κ1) is 12.0. The fourth-order valence-electron chi connectivity index (χ4n) is 2.53. The molecule has 1 aromatic rings. The molecule has 0 unspecified atom stereocenters. The molecule has 96 valence electrons. The molecule has 0 spiro atoms. The third kappa shape index (κ3) is 2.68. The predicted molar refractivity (Wildman–Crippen MR) is 82.0 cm³/mol. The van der Waals surface area contributed by atoms with Crippen LogP contribution in [0.3, 0.4) is 0 Å². The molecule has 19 heavy (non-hydrogen) atoms. The summed E-state index contributed by atoms with van der Waals surface area (Å²) in [7, 11) is 0. The molecule has 0 saturated heterocycles. The minimum absolute atomic E-state index is 0.899. The predicted octanol–water partition coefficient (Wildman–Crippen LogP) is 3.70. The zero-order chi connectivity index (χ0) is 13.1. The van der Waals surface area contributed by atoms with E-state index in [0.29, 0.717) is 0 Å². The molecule has 0 bridgehead atoms. The number of benzene rings is 1. The van der Waals surface area contributed by atoms with Crippen molar-refractivity contribution in [1.82, 2.24) is 5.32 Å². The second-order valence-corrected chi connectivity index (χ2v) is 5.04. The number of nitrogens with zero attached hydrogens (tertiary/aromatic N) is 1. The van der Waals surface area contributed by atoms with Crippen molar-refractivity contribution < 1.29 is 0 Å². The second kappa shape index (κ2) is 5.27. The average Bonchev–Trinajstić information content (AvgIpc) is 2.48. The van der Waals surface area contributed by atoms with Gasteiger partial charge in [0, 0.05) is 19.0 Å². The highest BCUT2D eigenvalue weighted by Gasteiger charge is 2.09. The summed E-state index contributed by atoms with van der Waals surface area (Å²) in [6.07, 6.45) is 12.3. The number of rotatable bonds is 2. The molecule has 1 aromatic carbocycles. The highest BCUT2D eigenvalue weighted by atomic mass is 14.8. The third-order valence-corrected chi connectivity index (χ3v) is 3.50. The number of dihydropyridines is 1. The molecule has 0 aliphatic carbocycles. The first-order valence-corrected chi connectivity index (χ1v) is 6.75. The van der Waals surface area contributed by atoms with Gasteiger partial charge in [0.1, 0.15) is 0 Å². The van der Waals surface area contributed by atoms with E-state index in [9.17, 15) is 0 Å². The number of aliphatic imine (C=N–C) groups is 1. The summed E-state index contributed by atoms with van der Waals surface area (Å²) in [6, 6.07) is 6.79. The van der Waals surface area contributed by atoms with E-state index in [2.05, 4.69) is 47.6 Å². The fraction of sp³-hybridized carbons (Fsp3) is 0.235. The smallest absolute Gasteiger partial charge is 0.0401 e. The Labute approximate surface area is 114 Å². The fourth-order valence-corrected chi connectivity index (χ4v) is 2.53. The topological polar surface area (TPSA) is 24.4 Å². The van der Waals surface area contributed by atoms with Crippen molar-refractivity contribution in [3.05, 3.63) is 59.4 Å². The number of nitrogens with one attached hydrogen (secondary N) is 1. The van der Waals surface area contributed by atoms with Crippen LogP contribution in [0.25, 0.3) is 11.1 Å². The Hall–Kier alpha value is -2.09. The monoisotopic (exact) mass is 250 g/mol. The van der Waals surface area contributed by atoms with Crippen molar-refractivity contribution in [2.24, 2.45) is 4.99 Å². The largest absolute Gasteiger partial charge is 0.387 e. The first-order chi connectivity index (χ1) is 9.33. The summed E-state index contributed by atoms with van der Waals surface area (Å²) in [5.74, 6) is 0. The van der Waals surface area contributed by atoms with E-state index < -0.39 is 0 Å². The Morgan fingerprint density at radius 3 is 2.63 bits per heavy atom. The molecule has 0 amide bonds. The molecule has 0 saturated carbocycles. The third-order valence-electron chi connectivity index (χ3n) is 3.50. The van der Waals surface area contributed by atoms with Crippen molar-refractivity contribution in [3.63, 3.8) is 0 Å². The summed E-state index contributed by atoms with van der Waals surface area (Å²) in [5, 5.41) is 3.26. The molecule has 2 aliphatic heterocycles. The Morgan fingerprint density at radius 2 is 1.95 bits per heavy atom. The Kier molecular flexibility index (Phi) is 3.32. The van der Waals surface area contributed by atoms with Crippen LogP contribution >= 0.6 is 0 Å². The van der Waals surface area contributed by atoms with Gasteiger partial charge in [0.25, 0.3) is 0 Å². The lowest BCUT2D eigenvalue weighted by atomic mass is 9.94. The Bertz CT molecular complexity index is 553. The molecule has 0 aromatic heterocycles. The van der Waals surface area contributed by atoms with E-state index in [1.165, 1.54) is 27.8 Å². The number of allylic oxidation sites excluding steroid dienone is 3. The number of hydrogen-bond donors (Lipinski definition) is 1. The van der Waals surface area contributed by atoms with Crippen molar-refractivity contribution in [3.8, 4) is 0 Å². The minimum atomic E-state index is 0.899. The van der Waals surface area contributed by atoms with Crippen LogP contribution in [-0.2, 0) is 0 Å². The van der Waals surface area contributed by atoms with Gasteiger partial charge in [-0.15, -0.1) is 0 Å². The lowest BCUT2D eigenvalue weighted by Gasteiger charge is -2.15. The standard InChI is InChI=1S/C17H18N2/c1-13-8-16(14-4-2-6-18-11-14)10-17(9-13)15-5-3-7-19-12-15/h2,4,6-10,12,18H,3,5,11H2,1H3. The molecule has 2 heteroatoms. The summed E-state index contributed by atoms with van der Waals surface area (Å²) >= 11 is 0. The van der Waals surface area contributed by atoms with Crippen LogP contribution in [-0.4, -0.2) is 12.8 Å². The van der Waals surface area contributed by atoms with Crippen LogP contribution in [0.15, 0.2) is 47.7 Å². The molecule has 0 fully saturated rings. The van der Waals surface area contributed by atoms with Gasteiger partial charge in [0.05, 0.1) is 0 Å². The molecule has 2 aliphatic rings. The molecule has 3 rings (SSSR count). The normalized spacial score (nSPS) is 17.7. The van der Waals surface area contributed by atoms with Gasteiger partial charge in [-0.1, -0.05) is 18.2 Å². The van der Waals surface area contributed by atoms with Crippen LogP contribution in [0.4, 0.5) is 0 Å². The first-order valence-electron chi connectivity index (χ1n) is 6.75. The Morgan fingerprint density at radius 1 is 1.11 bits per heavy atom. The lowest BCUT2D eigenvalue weighted by Crippen LogP contribution is -2.12. The van der Waals surface area contributed by atoms with E-state index in [1.54, 1.807) is 0 Å². The SMILES string of the molecule is Cc1cc(C2=CN=CCC2)cc(C2=CC=CNC2)c1. The van der Waals surface area contributed by atoms with Gasteiger partial charge in [-0.05, 0) is 65.9 Å². The highest BCUT2D eigenvalue weighted by Crippen LogP contribution is 2.27. The number of hydrogen-bond acceptors (Lipinski definition) is 2. The molecule has 0 atom stereocenters. The number of aryl methyl sites for hydroxylation is 1. The average molecular weight is 250 g/mol. The second-order valence-electron chi connectivity index (χ2n) is 5.04. The lowest BCUT2D eigenvalue weighted by molar-refractivity contribution is 0.985. The van der Waals surface area contributed by atoms with Gasteiger partial charge >= 0.3 is 0 Å². The van der Waals surface area contributed by atoms with Crippen molar-refractivity contribution in [1.29, 1.82) is 0 Å². The van der Waals surface area contributed by atoms with Crippen LogP contribution in [0.5, 0.6) is 0 Å².